The Morgan fingerprint density at radius 3 is 2.80 bits per heavy atom. The Kier molecular flexibility index (Phi) is 5.40. The summed E-state index contributed by atoms with van der Waals surface area (Å²) in [5, 5.41) is 8.13. The third-order valence-corrected chi connectivity index (χ3v) is 5.63. The molecule has 1 aromatic carbocycles. The van der Waals surface area contributed by atoms with Crippen LogP contribution in [0.25, 0.3) is 11.0 Å². The summed E-state index contributed by atoms with van der Waals surface area (Å²) in [7, 11) is 0. The van der Waals surface area contributed by atoms with Gasteiger partial charge in [-0.15, -0.1) is 11.3 Å². The van der Waals surface area contributed by atoms with E-state index in [0.717, 1.165) is 17.1 Å². The molecular formula is C20H14ClF3N4OS. The lowest BCUT2D eigenvalue weighted by atomic mass is 10.1. The quantitative estimate of drug-likeness (QED) is 0.351. The first-order valence-corrected chi connectivity index (χ1v) is 9.99. The number of thiophene rings is 1. The van der Waals surface area contributed by atoms with Gasteiger partial charge < -0.3 is 15.6 Å². The standard InChI is InChI=1S/C20H14ClF3N4OS/c21-14-2-1-11(9-13(14)20(22,23)24)10-27-19(29)17-16(5-8-30-17)28-15-4-7-26-18-12(15)3-6-25-18/h1-9H,10H2,(H,27,29)(H2,25,26,28). The van der Waals surface area contributed by atoms with Crippen molar-refractivity contribution in [2.24, 2.45) is 0 Å². The zero-order chi connectivity index (χ0) is 21.3. The average molecular weight is 451 g/mol. The van der Waals surface area contributed by atoms with Gasteiger partial charge >= 0.3 is 6.18 Å². The number of anilines is 2. The Balaban J connectivity index is 1.49. The predicted octanol–water partition coefficient (Wildman–Crippen LogP) is 5.97. The molecule has 0 aliphatic carbocycles. The number of aromatic amines is 1. The molecule has 154 valence electrons. The molecule has 0 unspecified atom stereocenters. The maximum absolute atomic E-state index is 13.0. The molecule has 0 radical (unpaired) electrons. The minimum absolute atomic E-state index is 0.0618. The molecule has 3 heterocycles. The number of alkyl halides is 3. The van der Waals surface area contributed by atoms with Crippen molar-refractivity contribution in [3.8, 4) is 0 Å². The fourth-order valence-corrected chi connectivity index (χ4v) is 3.95. The van der Waals surface area contributed by atoms with E-state index in [4.69, 9.17) is 11.6 Å². The molecule has 0 saturated heterocycles. The number of pyridine rings is 1. The Morgan fingerprint density at radius 1 is 1.17 bits per heavy atom. The predicted molar refractivity (Wildman–Crippen MR) is 111 cm³/mol. The van der Waals surface area contributed by atoms with Gasteiger partial charge in [0.15, 0.2) is 0 Å². The van der Waals surface area contributed by atoms with Crippen LogP contribution in [0.1, 0.15) is 20.8 Å². The molecule has 4 aromatic rings. The first kappa shape index (κ1) is 20.2. The van der Waals surface area contributed by atoms with Crippen molar-refractivity contribution in [1.82, 2.24) is 15.3 Å². The van der Waals surface area contributed by atoms with Crippen LogP contribution in [0.4, 0.5) is 24.5 Å². The number of halogens is 4. The van der Waals surface area contributed by atoms with Gasteiger partial charge in [-0.1, -0.05) is 17.7 Å². The number of H-pyrrole nitrogens is 1. The SMILES string of the molecule is O=C(NCc1ccc(Cl)c(C(F)(F)F)c1)c1sccc1Nc1ccnc2[nH]ccc12. The second-order valence-corrected chi connectivity index (χ2v) is 7.70. The Bertz CT molecular complexity index is 1220. The number of benzene rings is 1. The van der Waals surface area contributed by atoms with Crippen LogP contribution in [0.3, 0.4) is 0 Å². The molecule has 4 rings (SSSR count). The van der Waals surface area contributed by atoms with Crippen LogP contribution < -0.4 is 10.6 Å². The Labute approximate surface area is 177 Å². The smallest absolute Gasteiger partial charge is 0.354 e. The van der Waals surface area contributed by atoms with Crippen LogP contribution in [0.15, 0.2) is 54.2 Å². The maximum Gasteiger partial charge on any atom is 0.417 e. The summed E-state index contributed by atoms with van der Waals surface area (Å²) in [6.45, 7) is -0.0618. The van der Waals surface area contributed by atoms with Crippen LogP contribution in [0, 0.1) is 0 Å². The number of hydrogen-bond donors (Lipinski definition) is 3. The second kappa shape index (κ2) is 8.00. The minimum Gasteiger partial charge on any atom is -0.354 e. The highest BCUT2D eigenvalue weighted by molar-refractivity contribution is 7.12. The third kappa shape index (κ3) is 4.12. The maximum atomic E-state index is 13.0. The molecule has 3 aromatic heterocycles. The van der Waals surface area contributed by atoms with E-state index in [9.17, 15) is 18.0 Å². The topological polar surface area (TPSA) is 69.8 Å². The van der Waals surface area contributed by atoms with E-state index in [0.29, 0.717) is 21.8 Å². The van der Waals surface area contributed by atoms with Gasteiger partial charge in [-0.2, -0.15) is 13.2 Å². The van der Waals surface area contributed by atoms with Gasteiger partial charge in [0, 0.05) is 24.3 Å². The molecule has 0 aliphatic heterocycles. The second-order valence-electron chi connectivity index (χ2n) is 6.38. The molecule has 0 saturated carbocycles. The van der Waals surface area contributed by atoms with Crippen molar-refractivity contribution in [2.45, 2.75) is 12.7 Å². The van der Waals surface area contributed by atoms with Crippen molar-refractivity contribution in [3.63, 3.8) is 0 Å². The zero-order valence-corrected chi connectivity index (χ0v) is 16.8. The number of hydrogen-bond acceptors (Lipinski definition) is 4. The van der Waals surface area contributed by atoms with E-state index in [1.807, 2.05) is 6.07 Å². The van der Waals surface area contributed by atoms with Crippen molar-refractivity contribution in [2.75, 3.05) is 5.32 Å². The van der Waals surface area contributed by atoms with Gasteiger partial charge in [0.05, 0.1) is 22.0 Å². The molecule has 1 amide bonds. The molecule has 30 heavy (non-hydrogen) atoms. The first-order valence-electron chi connectivity index (χ1n) is 8.73. The highest BCUT2D eigenvalue weighted by atomic mass is 35.5. The molecule has 0 fully saturated rings. The number of fused-ring (bicyclic) bond motifs is 1. The van der Waals surface area contributed by atoms with Gasteiger partial charge in [-0.3, -0.25) is 4.79 Å². The van der Waals surface area contributed by atoms with E-state index in [2.05, 4.69) is 20.6 Å². The highest BCUT2D eigenvalue weighted by Gasteiger charge is 2.33. The first-order chi connectivity index (χ1) is 14.3. The lowest BCUT2D eigenvalue weighted by molar-refractivity contribution is -0.137. The summed E-state index contributed by atoms with van der Waals surface area (Å²) in [4.78, 5) is 20.3. The number of nitrogens with zero attached hydrogens (tertiary/aromatic N) is 1. The number of amides is 1. The molecular weight excluding hydrogens is 437 g/mol. The summed E-state index contributed by atoms with van der Waals surface area (Å²) in [6, 6.07) is 9.00. The minimum atomic E-state index is -4.56. The normalized spacial score (nSPS) is 11.6. The number of nitrogens with one attached hydrogen (secondary N) is 3. The Morgan fingerprint density at radius 2 is 2.00 bits per heavy atom. The van der Waals surface area contributed by atoms with Gasteiger partial charge in [-0.05, 0) is 41.3 Å². The summed E-state index contributed by atoms with van der Waals surface area (Å²) in [6.07, 6.45) is -1.15. The van der Waals surface area contributed by atoms with Gasteiger partial charge in [-0.25, -0.2) is 4.98 Å². The summed E-state index contributed by atoms with van der Waals surface area (Å²) in [5.41, 5.74) is 1.46. The number of rotatable bonds is 5. The monoisotopic (exact) mass is 450 g/mol. The van der Waals surface area contributed by atoms with Gasteiger partial charge in [0.1, 0.15) is 10.5 Å². The fraction of sp³-hybridized carbons (Fsp3) is 0.100. The summed E-state index contributed by atoms with van der Waals surface area (Å²) in [5.74, 6) is -0.393. The van der Waals surface area contributed by atoms with Crippen molar-refractivity contribution in [1.29, 1.82) is 0 Å². The molecule has 3 N–H and O–H groups in total. The van der Waals surface area contributed by atoms with E-state index < -0.39 is 17.6 Å². The number of aromatic nitrogens is 2. The number of carbonyl (C=O) groups is 1. The fourth-order valence-electron chi connectivity index (χ4n) is 2.96. The van der Waals surface area contributed by atoms with Crippen molar-refractivity contribution >= 4 is 51.3 Å². The largest absolute Gasteiger partial charge is 0.417 e. The molecule has 0 bridgehead atoms. The highest BCUT2D eigenvalue weighted by Crippen LogP contribution is 2.35. The zero-order valence-electron chi connectivity index (χ0n) is 15.2. The van der Waals surface area contributed by atoms with E-state index in [1.54, 1.807) is 29.9 Å². The van der Waals surface area contributed by atoms with E-state index in [-0.39, 0.29) is 11.6 Å². The molecule has 0 atom stereocenters. The van der Waals surface area contributed by atoms with Crippen LogP contribution in [0.2, 0.25) is 5.02 Å². The lowest BCUT2D eigenvalue weighted by Crippen LogP contribution is -2.23. The molecule has 0 spiro atoms. The molecule has 5 nitrogen and oxygen atoms in total. The van der Waals surface area contributed by atoms with Crippen LogP contribution >= 0.6 is 22.9 Å². The Hall–Kier alpha value is -3.04. The van der Waals surface area contributed by atoms with Gasteiger partial charge in [0.2, 0.25) is 0 Å². The third-order valence-electron chi connectivity index (χ3n) is 4.39. The van der Waals surface area contributed by atoms with Crippen molar-refractivity contribution in [3.05, 3.63) is 75.2 Å². The molecule has 0 aliphatic rings. The van der Waals surface area contributed by atoms with Gasteiger partial charge in [0.25, 0.3) is 5.91 Å². The summed E-state index contributed by atoms with van der Waals surface area (Å²) < 4.78 is 39.0. The number of carbonyl (C=O) groups excluding carboxylic acids is 1. The lowest BCUT2D eigenvalue weighted by Gasteiger charge is -2.12. The van der Waals surface area contributed by atoms with Crippen molar-refractivity contribution < 1.29 is 18.0 Å². The molecule has 10 heteroatoms. The van der Waals surface area contributed by atoms with E-state index >= 15 is 0 Å². The van der Waals surface area contributed by atoms with Crippen LogP contribution in [0.5, 0.6) is 0 Å². The van der Waals surface area contributed by atoms with E-state index in [1.165, 1.54) is 23.5 Å². The summed E-state index contributed by atoms with van der Waals surface area (Å²) >= 11 is 6.87. The average Bonchev–Trinajstić information content (AvgIpc) is 3.36. The van der Waals surface area contributed by atoms with Crippen LogP contribution in [-0.2, 0) is 12.7 Å². The van der Waals surface area contributed by atoms with Crippen LogP contribution in [-0.4, -0.2) is 15.9 Å².